The van der Waals surface area contributed by atoms with Crippen LogP contribution in [0.4, 0.5) is 0 Å². The normalized spacial score (nSPS) is 8.43. The average Bonchev–Trinajstić information content (AvgIpc) is 0.722. The molecule has 5 nitrogen and oxygen atoms in total. The largest absolute Gasteiger partial charge is 3.00 e. The molecule has 0 aliphatic rings. The molecule has 0 rings (SSSR count). The monoisotopic (exact) mass is 169 g/mol. The SMILES string of the molecule is O=P([O-])([O-])[O-].[Fe+3].[NH4+]. The first-order chi connectivity index (χ1) is 2.00. The van der Waals surface area contributed by atoms with Crippen molar-refractivity contribution in [3.05, 3.63) is 0 Å². The molecule has 1 radical (unpaired) electrons. The first-order valence-corrected chi connectivity index (χ1v) is 2.19. The zero-order chi connectivity index (χ0) is 4.50. The van der Waals surface area contributed by atoms with Gasteiger partial charge in [0.15, 0.2) is 0 Å². The molecule has 0 aromatic carbocycles. The van der Waals surface area contributed by atoms with Crippen LogP contribution < -0.4 is 20.8 Å². The van der Waals surface area contributed by atoms with Crippen molar-refractivity contribution in [2.45, 2.75) is 0 Å². The minimum absolute atomic E-state index is 0. The van der Waals surface area contributed by atoms with Gasteiger partial charge in [-0.15, -0.1) is 0 Å². The maximum Gasteiger partial charge on any atom is 3.00 e. The Morgan fingerprint density at radius 1 is 1.14 bits per heavy atom. The standard InChI is InChI=1S/Fe.H3N.H3O4P/c;;1-5(2,3)4/h;1H3;(H3,1,2,3,4)/q+3;;/p-2. The summed E-state index contributed by atoms with van der Waals surface area (Å²) in [4.78, 5) is 25.6. The Morgan fingerprint density at radius 2 is 1.14 bits per heavy atom. The van der Waals surface area contributed by atoms with E-state index in [0.29, 0.717) is 0 Å². The van der Waals surface area contributed by atoms with Crippen molar-refractivity contribution < 1.29 is 36.3 Å². The molecule has 0 atom stereocenters. The molecule has 0 aliphatic carbocycles. The predicted octanol–water partition coefficient (Wildman–Crippen LogP) is -2.45. The summed E-state index contributed by atoms with van der Waals surface area (Å²) in [6, 6.07) is 0. The maximum absolute atomic E-state index is 8.55. The molecule has 0 spiro atoms. The summed E-state index contributed by atoms with van der Waals surface area (Å²) in [6.07, 6.45) is 0. The van der Waals surface area contributed by atoms with Crippen molar-refractivity contribution in [1.82, 2.24) is 6.15 Å². The Labute approximate surface area is 51.0 Å². The average molecular weight is 169 g/mol. The topological polar surface area (TPSA) is 123 Å². The van der Waals surface area contributed by atoms with E-state index in [1.165, 1.54) is 0 Å². The van der Waals surface area contributed by atoms with Gasteiger partial charge in [0.1, 0.15) is 0 Å². The Bertz CT molecular complexity index is 57.8. The van der Waals surface area contributed by atoms with Gasteiger partial charge in [-0.25, -0.2) is 0 Å². The quantitative estimate of drug-likeness (QED) is 0.319. The van der Waals surface area contributed by atoms with Crippen LogP contribution in [0.5, 0.6) is 0 Å². The second-order valence-electron chi connectivity index (χ2n) is 0.447. The summed E-state index contributed by atoms with van der Waals surface area (Å²) in [7, 11) is -5.39. The van der Waals surface area contributed by atoms with E-state index in [-0.39, 0.29) is 23.2 Å². The first kappa shape index (κ1) is 15.6. The zero-order valence-electron chi connectivity index (χ0n) is 3.43. The van der Waals surface area contributed by atoms with Gasteiger partial charge >= 0.3 is 17.1 Å². The molecule has 0 amide bonds. The molecule has 0 saturated heterocycles. The second-order valence-corrected chi connectivity index (χ2v) is 1.34. The van der Waals surface area contributed by atoms with Crippen molar-refractivity contribution in [3.8, 4) is 0 Å². The number of phosphoric acid groups is 1. The van der Waals surface area contributed by atoms with Crippen molar-refractivity contribution >= 4 is 7.82 Å². The molecule has 0 aliphatic heterocycles. The third-order valence-electron chi connectivity index (χ3n) is 0. The van der Waals surface area contributed by atoms with Gasteiger partial charge in [0.2, 0.25) is 0 Å². The van der Waals surface area contributed by atoms with E-state index in [1.54, 1.807) is 0 Å². The smallest absolute Gasteiger partial charge is 0.822 e. The van der Waals surface area contributed by atoms with E-state index in [0.717, 1.165) is 0 Å². The van der Waals surface area contributed by atoms with Crippen LogP contribution in [-0.2, 0) is 21.6 Å². The number of hydrogen-bond acceptors (Lipinski definition) is 4. The van der Waals surface area contributed by atoms with Gasteiger partial charge in [-0.1, -0.05) is 0 Å². The van der Waals surface area contributed by atoms with E-state index in [9.17, 15) is 0 Å². The van der Waals surface area contributed by atoms with Crippen molar-refractivity contribution in [3.63, 3.8) is 0 Å². The Kier molecular flexibility index (Phi) is 10.6. The molecule has 0 bridgehead atoms. The van der Waals surface area contributed by atoms with Crippen LogP contribution in [0.1, 0.15) is 0 Å². The van der Waals surface area contributed by atoms with Crippen LogP contribution in [0.3, 0.4) is 0 Å². The molecule has 0 heterocycles. The molecule has 7 heteroatoms. The molecule has 0 aromatic heterocycles. The van der Waals surface area contributed by atoms with Gasteiger partial charge in [0.25, 0.3) is 0 Å². The van der Waals surface area contributed by atoms with Crippen molar-refractivity contribution in [2.24, 2.45) is 0 Å². The number of rotatable bonds is 0. The second kappa shape index (κ2) is 4.74. The van der Waals surface area contributed by atoms with E-state index in [1.807, 2.05) is 0 Å². The summed E-state index contributed by atoms with van der Waals surface area (Å²) in [6.45, 7) is 0. The molecule has 0 fully saturated rings. The third kappa shape index (κ3) is 399. The summed E-state index contributed by atoms with van der Waals surface area (Å²) in [5.41, 5.74) is 0. The molecule has 4 N–H and O–H groups in total. The fourth-order valence-electron chi connectivity index (χ4n) is 0. The molecule has 0 saturated carbocycles. The molecular weight excluding hydrogens is 165 g/mol. The maximum atomic E-state index is 8.55. The van der Waals surface area contributed by atoms with Crippen molar-refractivity contribution in [2.75, 3.05) is 0 Å². The zero-order valence-corrected chi connectivity index (χ0v) is 5.43. The van der Waals surface area contributed by atoms with Crippen molar-refractivity contribution in [1.29, 1.82) is 0 Å². The third-order valence-corrected chi connectivity index (χ3v) is 0. The van der Waals surface area contributed by atoms with Gasteiger partial charge < -0.3 is 25.4 Å². The van der Waals surface area contributed by atoms with Crippen LogP contribution in [0.25, 0.3) is 0 Å². The van der Waals surface area contributed by atoms with Gasteiger partial charge in [0, 0.05) is 0 Å². The first-order valence-electron chi connectivity index (χ1n) is 0.730. The van der Waals surface area contributed by atoms with Crippen LogP contribution >= 0.6 is 7.82 Å². The predicted molar refractivity (Wildman–Crippen MR) is 13.6 cm³/mol. The van der Waals surface area contributed by atoms with E-state index < -0.39 is 7.82 Å². The minimum atomic E-state index is -5.39. The van der Waals surface area contributed by atoms with E-state index in [4.69, 9.17) is 19.2 Å². The molecule has 0 aromatic rings. The molecular formula is H4FeNO4P+. The summed E-state index contributed by atoms with van der Waals surface area (Å²) in [5, 5.41) is 0. The Hall–Kier alpha value is 0.589. The molecule has 0 unspecified atom stereocenters. The molecule has 45 valence electrons. The van der Waals surface area contributed by atoms with Gasteiger partial charge in [0.05, 0.1) is 0 Å². The van der Waals surface area contributed by atoms with Crippen LogP contribution in [0.2, 0.25) is 0 Å². The minimum Gasteiger partial charge on any atom is -0.822 e. The van der Waals surface area contributed by atoms with E-state index in [2.05, 4.69) is 0 Å². The summed E-state index contributed by atoms with van der Waals surface area (Å²) in [5.74, 6) is 0. The summed E-state index contributed by atoms with van der Waals surface area (Å²) < 4.78 is 8.55. The fourth-order valence-corrected chi connectivity index (χ4v) is 0. The Balaban J connectivity index is -0.0000000800. The fraction of sp³-hybridized carbons (Fsp3) is 0. The van der Waals surface area contributed by atoms with Crippen LogP contribution in [0, 0.1) is 0 Å². The van der Waals surface area contributed by atoms with Crippen LogP contribution in [-0.4, -0.2) is 0 Å². The van der Waals surface area contributed by atoms with Gasteiger partial charge in [-0.3, -0.25) is 0 Å². The van der Waals surface area contributed by atoms with Gasteiger partial charge in [-0.05, 0) is 0 Å². The molecule has 7 heavy (non-hydrogen) atoms. The summed E-state index contributed by atoms with van der Waals surface area (Å²) >= 11 is 0. The number of quaternary nitrogens is 1. The van der Waals surface area contributed by atoms with Crippen LogP contribution in [0.15, 0.2) is 0 Å². The van der Waals surface area contributed by atoms with E-state index >= 15 is 0 Å². The number of hydrogen-bond donors (Lipinski definition) is 1. The Morgan fingerprint density at radius 3 is 1.14 bits per heavy atom. The van der Waals surface area contributed by atoms with Gasteiger partial charge in [-0.2, -0.15) is 7.82 Å².